The summed E-state index contributed by atoms with van der Waals surface area (Å²) in [6.45, 7) is 3.46. The van der Waals surface area contributed by atoms with Gasteiger partial charge < -0.3 is 15.5 Å². The first kappa shape index (κ1) is 17.6. The fourth-order valence-corrected chi connectivity index (χ4v) is 5.21. The summed E-state index contributed by atoms with van der Waals surface area (Å²) in [4.78, 5) is 25.8. The SMILES string of the molecule is CN1CC(c2ccnc(N)n2)C2(C1)CN(C(=O)c1ccc(C3CCC3)cc1)C2. The Morgan fingerprint density at radius 1 is 1.14 bits per heavy atom. The second-order valence-electron chi connectivity index (χ2n) is 8.86. The van der Waals surface area contributed by atoms with E-state index in [2.05, 4.69) is 34.0 Å². The van der Waals surface area contributed by atoms with E-state index in [1.54, 1.807) is 6.20 Å². The van der Waals surface area contributed by atoms with E-state index in [9.17, 15) is 4.79 Å². The minimum Gasteiger partial charge on any atom is -0.368 e. The van der Waals surface area contributed by atoms with Gasteiger partial charge in [0.05, 0.1) is 5.69 Å². The number of hydrogen-bond donors (Lipinski definition) is 1. The number of amides is 1. The van der Waals surface area contributed by atoms with Crippen molar-refractivity contribution in [1.29, 1.82) is 0 Å². The van der Waals surface area contributed by atoms with E-state index in [1.807, 2.05) is 23.1 Å². The van der Waals surface area contributed by atoms with Crippen LogP contribution in [0.3, 0.4) is 0 Å². The first-order chi connectivity index (χ1) is 13.5. The molecule has 1 aliphatic carbocycles. The lowest BCUT2D eigenvalue weighted by molar-refractivity contribution is 0.00355. The number of benzene rings is 1. The van der Waals surface area contributed by atoms with Gasteiger partial charge in [0.15, 0.2) is 0 Å². The number of nitrogens with zero attached hydrogens (tertiary/aromatic N) is 4. The molecule has 3 fully saturated rings. The number of carbonyl (C=O) groups is 1. The molecule has 1 aromatic carbocycles. The molecule has 2 aromatic rings. The highest BCUT2D eigenvalue weighted by Crippen LogP contribution is 2.48. The fraction of sp³-hybridized carbons (Fsp3) is 0.500. The van der Waals surface area contributed by atoms with Crippen LogP contribution in [-0.4, -0.2) is 58.9 Å². The van der Waals surface area contributed by atoms with Crippen LogP contribution in [0.4, 0.5) is 5.95 Å². The fourth-order valence-electron chi connectivity index (χ4n) is 5.21. The first-order valence-electron chi connectivity index (χ1n) is 10.2. The van der Waals surface area contributed by atoms with Gasteiger partial charge in [0, 0.05) is 49.3 Å². The van der Waals surface area contributed by atoms with Crippen molar-refractivity contribution in [3.63, 3.8) is 0 Å². The molecule has 3 aliphatic rings. The number of likely N-dealkylation sites (tertiary alicyclic amines) is 2. The lowest BCUT2D eigenvalue weighted by Crippen LogP contribution is -2.61. The van der Waals surface area contributed by atoms with Crippen LogP contribution in [-0.2, 0) is 0 Å². The van der Waals surface area contributed by atoms with Gasteiger partial charge in [0.2, 0.25) is 5.95 Å². The van der Waals surface area contributed by atoms with Crippen LogP contribution < -0.4 is 5.73 Å². The van der Waals surface area contributed by atoms with Crippen molar-refractivity contribution >= 4 is 11.9 Å². The monoisotopic (exact) mass is 377 g/mol. The Balaban J connectivity index is 1.30. The highest BCUT2D eigenvalue weighted by molar-refractivity contribution is 5.95. The Kier molecular flexibility index (Phi) is 4.12. The second kappa shape index (κ2) is 6.55. The molecule has 1 atom stereocenters. The number of anilines is 1. The maximum atomic E-state index is 13.0. The number of rotatable bonds is 3. The van der Waals surface area contributed by atoms with Gasteiger partial charge in [-0.3, -0.25) is 4.79 Å². The van der Waals surface area contributed by atoms with E-state index in [1.165, 1.54) is 24.8 Å². The van der Waals surface area contributed by atoms with Gasteiger partial charge in [-0.1, -0.05) is 18.6 Å². The van der Waals surface area contributed by atoms with E-state index >= 15 is 0 Å². The molecule has 146 valence electrons. The average Bonchev–Trinajstić information content (AvgIpc) is 2.97. The van der Waals surface area contributed by atoms with Crippen molar-refractivity contribution in [2.45, 2.75) is 31.1 Å². The van der Waals surface area contributed by atoms with Gasteiger partial charge in [-0.2, -0.15) is 0 Å². The molecular weight excluding hydrogens is 350 g/mol. The van der Waals surface area contributed by atoms with Crippen LogP contribution in [0.15, 0.2) is 36.5 Å². The van der Waals surface area contributed by atoms with Crippen LogP contribution in [0, 0.1) is 5.41 Å². The summed E-state index contributed by atoms with van der Waals surface area (Å²) < 4.78 is 0. The highest BCUT2D eigenvalue weighted by atomic mass is 16.2. The molecule has 6 heteroatoms. The van der Waals surface area contributed by atoms with E-state index < -0.39 is 0 Å². The van der Waals surface area contributed by atoms with Gasteiger partial charge in [-0.05, 0) is 49.6 Å². The molecular formula is C22H27N5O. The Morgan fingerprint density at radius 2 is 1.89 bits per heavy atom. The van der Waals surface area contributed by atoms with Crippen LogP contribution >= 0.6 is 0 Å². The third-order valence-corrected chi connectivity index (χ3v) is 6.90. The van der Waals surface area contributed by atoms with Crippen molar-refractivity contribution in [1.82, 2.24) is 19.8 Å². The van der Waals surface area contributed by atoms with Gasteiger partial charge >= 0.3 is 0 Å². The number of hydrogen-bond acceptors (Lipinski definition) is 5. The topological polar surface area (TPSA) is 75.4 Å². The smallest absolute Gasteiger partial charge is 0.253 e. The Hall–Kier alpha value is -2.47. The minimum absolute atomic E-state index is 0.0665. The summed E-state index contributed by atoms with van der Waals surface area (Å²) in [6.07, 6.45) is 5.62. The van der Waals surface area contributed by atoms with Crippen molar-refractivity contribution < 1.29 is 4.79 Å². The van der Waals surface area contributed by atoms with Gasteiger partial charge in [0.25, 0.3) is 5.91 Å². The summed E-state index contributed by atoms with van der Waals surface area (Å²) in [5, 5.41) is 0. The molecule has 0 radical (unpaired) electrons. The predicted octanol–water partition coefficient (Wildman–Crippen LogP) is 2.50. The number of aromatic nitrogens is 2. The molecule has 1 unspecified atom stereocenters. The molecule has 1 saturated carbocycles. The number of nitrogens with two attached hydrogens (primary N) is 1. The molecule has 1 amide bonds. The molecule has 2 saturated heterocycles. The van der Waals surface area contributed by atoms with Crippen molar-refractivity contribution in [2.75, 3.05) is 39.0 Å². The molecule has 28 heavy (non-hydrogen) atoms. The molecule has 0 bridgehead atoms. The zero-order chi connectivity index (χ0) is 19.3. The van der Waals surface area contributed by atoms with Crippen LogP contribution in [0.1, 0.15) is 52.7 Å². The molecule has 5 rings (SSSR count). The summed E-state index contributed by atoms with van der Waals surface area (Å²) in [7, 11) is 2.13. The average molecular weight is 377 g/mol. The molecule has 2 N–H and O–H groups in total. The maximum Gasteiger partial charge on any atom is 0.253 e. The lowest BCUT2D eigenvalue weighted by Gasteiger charge is -2.51. The summed E-state index contributed by atoms with van der Waals surface area (Å²) in [5.41, 5.74) is 9.04. The maximum absolute atomic E-state index is 13.0. The predicted molar refractivity (Wildman–Crippen MR) is 108 cm³/mol. The Morgan fingerprint density at radius 3 is 2.54 bits per heavy atom. The number of carbonyl (C=O) groups excluding carboxylic acids is 1. The third kappa shape index (κ3) is 2.87. The Labute approximate surface area is 165 Å². The normalized spacial score (nSPS) is 24.2. The van der Waals surface area contributed by atoms with E-state index in [0.29, 0.717) is 11.9 Å². The minimum atomic E-state index is 0.0665. The van der Waals surface area contributed by atoms with Gasteiger partial charge in [0.1, 0.15) is 0 Å². The molecule has 1 spiro atoms. The second-order valence-corrected chi connectivity index (χ2v) is 8.86. The standard InChI is InChI=1S/C22H27N5O/c1-26-11-18(19-9-10-24-21(23)25-19)22(12-26)13-27(14-22)20(28)17-7-5-16(6-8-17)15-3-2-4-15/h5-10,15,18H,2-4,11-14H2,1H3,(H2,23,24,25). The van der Waals surface area contributed by atoms with Crippen molar-refractivity contribution in [3.05, 3.63) is 53.3 Å². The van der Waals surface area contributed by atoms with E-state index in [4.69, 9.17) is 5.73 Å². The summed E-state index contributed by atoms with van der Waals surface area (Å²) >= 11 is 0. The van der Waals surface area contributed by atoms with Gasteiger partial charge in [-0.15, -0.1) is 0 Å². The van der Waals surface area contributed by atoms with Gasteiger partial charge in [-0.25, -0.2) is 9.97 Å². The van der Waals surface area contributed by atoms with Crippen LogP contribution in [0.5, 0.6) is 0 Å². The molecule has 6 nitrogen and oxygen atoms in total. The molecule has 3 heterocycles. The summed E-state index contributed by atoms with van der Waals surface area (Å²) in [6, 6.07) is 10.3. The largest absolute Gasteiger partial charge is 0.368 e. The highest BCUT2D eigenvalue weighted by Gasteiger charge is 2.55. The van der Waals surface area contributed by atoms with E-state index in [-0.39, 0.29) is 17.2 Å². The zero-order valence-corrected chi connectivity index (χ0v) is 16.3. The lowest BCUT2D eigenvalue weighted by atomic mass is 9.70. The zero-order valence-electron chi connectivity index (χ0n) is 16.3. The molecule has 2 aliphatic heterocycles. The number of likely N-dealkylation sites (N-methyl/N-ethyl adjacent to an activating group) is 1. The van der Waals surface area contributed by atoms with Crippen molar-refractivity contribution in [2.24, 2.45) is 5.41 Å². The van der Waals surface area contributed by atoms with E-state index in [0.717, 1.165) is 37.4 Å². The first-order valence-corrected chi connectivity index (χ1v) is 10.2. The molecule has 1 aromatic heterocycles. The number of nitrogen functional groups attached to an aromatic ring is 1. The summed E-state index contributed by atoms with van der Waals surface area (Å²) in [5.74, 6) is 1.45. The van der Waals surface area contributed by atoms with Crippen molar-refractivity contribution in [3.8, 4) is 0 Å². The van der Waals surface area contributed by atoms with Crippen LogP contribution in [0.25, 0.3) is 0 Å². The Bertz CT molecular complexity index is 886. The third-order valence-electron chi connectivity index (χ3n) is 6.90. The van der Waals surface area contributed by atoms with Crippen LogP contribution in [0.2, 0.25) is 0 Å². The quantitative estimate of drug-likeness (QED) is 0.889.